The van der Waals surface area contributed by atoms with Gasteiger partial charge in [-0.1, -0.05) is 11.6 Å². The second-order valence-electron chi connectivity index (χ2n) is 3.44. The zero-order valence-corrected chi connectivity index (χ0v) is 11.4. The standard InChI is InChI=1S/C11H9ClN4O2S/c1-13-9-4-3-8(16(17)18)11(15-9)19-10-5-2-7(12)6-14-10/h2-6H,1H3,(H,13,15). The maximum Gasteiger partial charge on any atom is 0.301 e. The van der Waals surface area contributed by atoms with E-state index in [2.05, 4.69) is 15.3 Å². The van der Waals surface area contributed by atoms with Crippen molar-refractivity contribution in [1.82, 2.24) is 9.97 Å². The smallest absolute Gasteiger partial charge is 0.301 e. The Hall–Kier alpha value is -1.86. The molecule has 8 heteroatoms. The highest BCUT2D eigenvalue weighted by molar-refractivity contribution is 7.99. The number of nitrogens with one attached hydrogen (secondary N) is 1. The molecule has 0 aliphatic rings. The minimum Gasteiger partial charge on any atom is -0.373 e. The summed E-state index contributed by atoms with van der Waals surface area (Å²) < 4.78 is 0. The number of aromatic nitrogens is 2. The number of anilines is 1. The highest BCUT2D eigenvalue weighted by Crippen LogP contribution is 2.33. The summed E-state index contributed by atoms with van der Waals surface area (Å²) in [5, 5.41) is 15.2. The molecule has 0 aromatic carbocycles. The molecule has 0 aliphatic heterocycles. The van der Waals surface area contributed by atoms with E-state index in [9.17, 15) is 10.1 Å². The Balaban J connectivity index is 2.36. The summed E-state index contributed by atoms with van der Waals surface area (Å²) >= 11 is 6.86. The van der Waals surface area contributed by atoms with E-state index in [0.717, 1.165) is 11.8 Å². The van der Waals surface area contributed by atoms with Crippen LogP contribution in [0.4, 0.5) is 11.5 Å². The Kier molecular flexibility index (Phi) is 4.18. The third-order valence-corrected chi connectivity index (χ3v) is 3.36. The van der Waals surface area contributed by atoms with Gasteiger partial charge in [-0.2, -0.15) is 0 Å². The van der Waals surface area contributed by atoms with E-state index in [-0.39, 0.29) is 10.7 Å². The first-order valence-corrected chi connectivity index (χ1v) is 6.42. The summed E-state index contributed by atoms with van der Waals surface area (Å²) in [6.07, 6.45) is 1.48. The van der Waals surface area contributed by atoms with Crippen molar-refractivity contribution in [1.29, 1.82) is 0 Å². The van der Waals surface area contributed by atoms with E-state index in [1.807, 2.05) is 0 Å². The van der Waals surface area contributed by atoms with Crippen molar-refractivity contribution in [3.63, 3.8) is 0 Å². The van der Waals surface area contributed by atoms with Crippen molar-refractivity contribution < 1.29 is 4.92 Å². The zero-order chi connectivity index (χ0) is 13.8. The summed E-state index contributed by atoms with van der Waals surface area (Å²) in [5.41, 5.74) is -0.0549. The fraction of sp³-hybridized carbons (Fsp3) is 0.0909. The molecule has 0 saturated carbocycles. The first kappa shape index (κ1) is 13.6. The fourth-order valence-electron chi connectivity index (χ4n) is 1.31. The van der Waals surface area contributed by atoms with E-state index < -0.39 is 4.92 Å². The van der Waals surface area contributed by atoms with Gasteiger partial charge in [0.2, 0.25) is 0 Å². The highest BCUT2D eigenvalue weighted by Gasteiger charge is 2.17. The van der Waals surface area contributed by atoms with Gasteiger partial charge in [-0.15, -0.1) is 0 Å². The molecule has 0 atom stereocenters. The molecule has 19 heavy (non-hydrogen) atoms. The molecule has 2 heterocycles. The fourth-order valence-corrected chi connectivity index (χ4v) is 2.25. The average Bonchev–Trinajstić information content (AvgIpc) is 2.41. The topological polar surface area (TPSA) is 81.0 Å². The third kappa shape index (κ3) is 3.33. The minimum atomic E-state index is -0.468. The molecular formula is C11H9ClN4O2S. The molecule has 0 bridgehead atoms. The lowest BCUT2D eigenvalue weighted by molar-refractivity contribution is -0.388. The Bertz CT molecular complexity index is 606. The lowest BCUT2D eigenvalue weighted by Gasteiger charge is -2.04. The zero-order valence-electron chi connectivity index (χ0n) is 9.83. The lowest BCUT2D eigenvalue weighted by atomic mass is 10.4. The summed E-state index contributed by atoms with van der Waals surface area (Å²) in [5.74, 6) is 0.557. The Morgan fingerprint density at radius 3 is 2.74 bits per heavy atom. The number of rotatable bonds is 4. The van der Waals surface area contributed by atoms with E-state index in [4.69, 9.17) is 11.6 Å². The molecule has 0 fully saturated rings. The van der Waals surface area contributed by atoms with Crippen LogP contribution in [0.2, 0.25) is 5.02 Å². The van der Waals surface area contributed by atoms with Crippen molar-refractivity contribution in [3.05, 3.63) is 45.6 Å². The van der Waals surface area contributed by atoms with Crippen LogP contribution in [0, 0.1) is 10.1 Å². The quantitative estimate of drug-likeness (QED) is 0.689. The van der Waals surface area contributed by atoms with Crippen LogP contribution in [0.1, 0.15) is 0 Å². The average molecular weight is 297 g/mol. The molecule has 0 radical (unpaired) electrons. The molecule has 6 nitrogen and oxygen atoms in total. The van der Waals surface area contributed by atoms with Crippen LogP contribution in [-0.2, 0) is 0 Å². The highest BCUT2D eigenvalue weighted by atomic mass is 35.5. The van der Waals surface area contributed by atoms with Crippen LogP contribution in [0.15, 0.2) is 40.5 Å². The molecule has 2 aromatic heterocycles. The van der Waals surface area contributed by atoms with Crippen LogP contribution in [0.5, 0.6) is 0 Å². The predicted octanol–water partition coefficient (Wildman–Crippen LogP) is 3.23. The molecule has 0 amide bonds. The van der Waals surface area contributed by atoms with Gasteiger partial charge in [-0.3, -0.25) is 10.1 Å². The summed E-state index contributed by atoms with van der Waals surface area (Å²) in [7, 11) is 1.70. The third-order valence-electron chi connectivity index (χ3n) is 2.19. The van der Waals surface area contributed by atoms with E-state index in [0.29, 0.717) is 15.9 Å². The van der Waals surface area contributed by atoms with Gasteiger partial charge < -0.3 is 5.32 Å². The summed E-state index contributed by atoms with van der Waals surface area (Å²) in [4.78, 5) is 18.7. The number of hydrogen-bond acceptors (Lipinski definition) is 6. The van der Waals surface area contributed by atoms with Crippen LogP contribution in [0.3, 0.4) is 0 Å². The van der Waals surface area contributed by atoms with Gasteiger partial charge in [-0.25, -0.2) is 9.97 Å². The predicted molar refractivity (Wildman–Crippen MR) is 73.8 cm³/mol. The molecular weight excluding hydrogens is 288 g/mol. The Morgan fingerprint density at radius 1 is 1.37 bits per heavy atom. The van der Waals surface area contributed by atoms with Crippen molar-refractivity contribution in [2.24, 2.45) is 0 Å². The van der Waals surface area contributed by atoms with Crippen molar-refractivity contribution in [2.45, 2.75) is 10.1 Å². The second kappa shape index (κ2) is 5.85. The molecule has 0 unspecified atom stereocenters. The Morgan fingerprint density at radius 2 is 2.16 bits per heavy atom. The van der Waals surface area contributed by atoms with Gasteiger partial charge in [-0.05, 0) is 30.0 Å². The van der Waals surface area contributed by atoms with Gasteiger partial charge >= 0.3 is 5.69 Å². The summed E-state index contributed by atoms with van der Waals surface area (Å²) in [6.45, 7) is 0. The first-order valence-electron chi connectivity index (χ1n) is 5.23. The molecule has 1 N–H and O–H groups in total. The van der Waals surface area contributed by atoms with Gasteiger partial charge in [0.05, 0.1) is 9.95 Å². The van der Waals surface area contributed by atoms with Crippen molar-refractivity contribution in [2.75, 3.05) is 12.4 Å². The first-order chi connectivity index (χ1) is 9.10. The number of nitrogens with zero attached hydrogens (tertiary/aromatic N) is 3. The number of nitro groups is 1. The Labute approximate surface area is 118 Å². The van der Waals surface area contributed by atoms with Crippen molar-refractivity contribution in [3.8, 4) is 0 Å². The summed E-state index contributed by atoms with van der Waals surface area (Å²) in [6, 6.07) is 6.32. The molecule has 98 valence electrons. The van der Waals surface area contributed by atoms with E-state index >= 15 is 0 Å². The van der Waals surface area contributed by atoms with Gasteiger partial charge in [0.15, 0.2) is 5.03 Å². The monoisotopic (exact) mass is 296 g/mol. The lowest BCUT2D eigenvalue weighted by Crippen LogP contribution is -1.98. The maximum absolute atomic E-state index is 11.0. The minimum absolute atomic E-state index is 0.0549. The van der Waals surface area contributed by atoms with Crippen LogP contribution < -0.4 is 5.32 Å². The number of hydrogen-bond donors (Lipinski definition) is 1. The van der Waals surface area contributed by atoms with Crippen LogP contribution >= 0.6 is 23.4 Å². The van der Waals surface area contributed by atoms with E-state index in [1.54, 1.807) is 25.2 Å². The van der Waals surface area contributed by atoms with Crippen LogP contribution in [-0.4, -0.2) is 21.9 Å². The number of halogens is 1. The maximum atomic E-state index is 11.0. The number of pyridine rings is 2. The van der Waals surface area contributed by atoms with E-state index in [1.165, 1.54) is 12.3 Å². The van der Waals surface area contributed by atoms with Gasteiger partial charge in [0, 0.05) is 19.3 Å². The van der Waals surface area contributed by atoms with Gasteiger partial charge in [0.25, 0.3) is 0 Å². The molecule has 2 rings (SSSR count). The normalized spacial score (nSPS) is 10.2. The molecule has 0 saturated heterocycles. The molecule has 0 spiro atoms. The SMILES string of the molecule is CNc1ccc([N+](=O)[O-])c(Sc2ccc(Cl)cn2)n1. The largest absolute Gasteiger partial charge is 0.373 e. The van der Waals surface area contributed by atoms with Gasteiger partial charge in [0.1, 0.15) is 10.8 Å². The second-order valence-corrected chi connectivity index (χ2v) is 4.89. The molecule has 0 aliphatic carbocycles. The van der Waals surface area contributed by atoms with Crippen molar-refractivity contribution >= 4 is 34.9 Å². The van der Waals surface area contributed by atoms with Crippen LogP contribution in [0.25, 0.3) is 0 Å². The molecule has 2 aromatic rings.